The molecule has 0 saturated carbocycles. The number of rotatable bonds is 5. The van der Waals surface area contributed by atoms with Crippen molar-refractivity contribution in [3.8, 4) is 11.5 Å². The lowest BCUT2D eigenvalue weighted by molar-refractivity contribution is 0.190. The molecule has 1 atom stereocenters. The van der Waals surface area contributed by atoms with Crippen molar-refractivity contribution in [2.75, 3.05) is 7.11 Å². The largest absolute Gasteiger partial charge is 0.497 e. The molecule has 0 saturated heterocycles. The summed E-state index contributed by atoms with van der Waals surface area (Å²) < 4.78 is 11.0. The van der Waals surface area contributed by atoms with E-state index >= 15 is 0 Å². The molecule has 0 radical (unpaired) electrons. The molecule has 0 spiro atoms. The highest BCUT2D eigenvalue weighted by Crippen LogP contribution is 2.32. The maximum Gasteiger partial charge on any atom is 0.129 e. The van der Waals surface area contributed by atoms with Crippen LogP contribution in [0.4, 0.5) is 0 Å². The topological polar surface area (TPSA) is 38.7 Å². The molecule has 2 rings (SSSR count). The zero-order valence-corrected chi connectivity index (χ0v) is 13.3. The van der Waals surface area contributed by atoms with E-state index in [1.165, 1.54) is 0 Å². The van der Waals surface area contributed by atoms with Crippen LogP contribution in [0, 0.1) is 0 Å². The van der Waals surface area contributed by atoms with Gasteiger partial charge in [0.05, 0.1) is 13.2 Å². The molecule has 0 amide bonds. The average Bonchev–Trinajstić information content (AvgIpc) is 2.46. The highest BCUT2D eigenvalue weighted by atomic mass is 35.5. The second kappa shape index (κ2) is 7.03. The first-order chi connectivity index (χ1) is 10.0. The Morgan fingerprint density at radius 2 is 1.81 bits per heavy atom. The van der Waals surface area contributed by atoms with Crippen molar-refractivity contribution in [3.63, 3.8) is 0 Å². The first-order valence-electron chi connectivity index (χ1n) is 6.44. The van der Waals surface area contributed by atoms with Crippen molar-refractivity contribution in [1.29, 1.82) is 0 Å². The van der Waals surface area contributed by atoms with Gasteiger partial charge in [-0.2, -0.15) is 0 Å². The second-order valence-electron chi connectivity index (χ2n) is 4.57. The lowest BCUT2D eigenvalue weighted by Gasteiger charge is -2.15. The van der Waals surface area contributed by atoms with E-state index in [0.29, 0.717) is 32.7 Å². The molecule has 1 N–H and O–H groups in total. The van der Waals surface area contributed by atoms with Crippen LogP contribution in [0.1, 0.15) is 24.2 Å². The molecule has 0 unspecified atom stereocenters. The SMILES string of the molecule is COc1ccc([C@@H](C)O)c(OCc2c(Cl)cccc2Cl)c1. The molecule has 0 heterocycles. The number of halogens is 2. The maximum absolute atomic E-state index is 9.80. The minimum absolute atomic E-state index is 0.214. The summed E-state index contributed by atoms with van der Waals surface area (Å²) >= 11 is 12.2. The molecule has 112 valence electrons. The van der Waals surface area contributed by atoms with Gasteiger partial charge in [-0.3, -0.25) is 0 Å². The van der Waals surface area contributed by atoms with Gasteiger partial charge in [0, 0.05) is 27.2 Å². The Morgan fingerprint density at radius 3 is 2.38 bits per heavy atom. The van der Waals surface area contributed by atoms with E-state index in [9.17, 15) is 5.11 Å². The van der Waals surface area contributed by atoms with E-state index < -0.39 is 6.10 Å². The monoisotopic (exact) mass is 326 g/mol. The summed E-state index contributed by atoms with van der Waals surface area (Å²) in [5.74, 6) is 1.19. The number of aliphatic hydroxyl groups excluding tert-OH is 1. The quantitative estimate of drug-likeness (QED) is 0.870. The smallest absolute Gasteiger partial charge is 0.129 e. The van der Waals surface area contributed by atoms with Crippen LogP contribution in [0.5, 0.6) is 11.5 Å². The van der Waals surface area contributed by atoms with E-state index in [2.05, 4.69) is 0 Å². The molecule has 2 aromatic rings. The fourth-order valence-corrected chi connectivity index (χ4v) is 2.44. The van der Waals surface area contributed by atoms with Crippen molar-refractivity contribution >= 4 is 23.2 Å². The van der Waals surface area contributed by atoms with Gasteiger partial charge in [-0.1, -0.05) is 29.3 Å². The van der Waals surface area contributed by atoms with E-state index in [1.54, 1.807) is 50.4 Å². The third-order valence-electron chi connectivity index (χ3n) is 3.10. The maximum atomic E-state index is 9.80. The zero-order chi connectivity index (χ0) is 15.4. The van der Waals surface area contributed by atoms with E-state index in [4.69, 9.17) is 32.7 Å². The molecule has 0 aromatic heterocycles. The molecule has 0 aliphatic carbocycles. The molecule has 0 fully saturated rings. The van der Waals surface area contributed by atoms with Gasteiger partial charge in [0.15, 0.2) is 0 Å². The third kappa shape index (κ3) is 3.82. The van der Waals surface area contributed by atoms with Crippen LogP contribution in [0.15, 0.2) is 36.4 Å². The molecule has 0 aliphatic heterocycles. The van der Waals surface area contributed by atoms with E-state index in [0.717, 1.165) is 0 Å². The first-order valence-corrected chi connectivity index (χ1v) is 7.20. The lowest BCUT2D eigenvalue weighted by atomic mass is 10.1. The summed E-state index contributed by atoms with van der Waals surface area (Å²) in [7, 11) is 1.58. The van der Waals surface area contributed by atoms with Crippen molar-refractivity contribution in [3.05, 3.63) is 57.6 Å². The van der Waals surface area contributed by atoms with E-state index in [-0.39, 0.29) is 6.61 Å². The minimum atomic E-state index is -0.646. The Labute approximate surface area is 134 Å². The fourth-order valence-electron chi connectivity index (χ4n) is 1.93. The van der Waals surface area contributed by atoms with Crippen molar-refractivity contribution in [1.82, 2.24) is 0 Å². The Kier molecular flexibility index (Phi) is 5.34. The number of benzene rings is 2. The summed E-state index contributed by atoms with van der Waals surface area (Å²) in [6.45, 7) is 1.89. The molecular formula is C16H16Cl2O3. The molecule has 3 nitrogen and oxygen atoms in total. The minimum Gasteiger partial charge on any atom is -0.497 e. The summed E-state index contributed by atoms with van der Waals surface area (Å²) in [4.78, 5) is 0. The summed E-state index contributed by atoms with van der Waals surface area (Å²) in [5.41, 5.74) is 1.39. The van der Waals surface area contributed by atoms with Gasteiger partial charge < -0.3 is 14.6 Å². The summed E-state index contributed by atoms with van der Waals surface area (Å²) in [5, 5.41) is 10.9. The van der Waals surface area contributed by atoms with Crippen molar-refractivity contribution < 1.29 is 14.6 Å². The highest BCUT2D eigenvalue weighted by Gasteiger charge is 2.13. The van der Waals surface area contributed by atoms with Crippen molar-refractivity contribution in [2.24, 2.45) is 0 Å². The fraction of sp³-hybridized carbons (Fsp3) is 0.250. The third-order valence-corrected chi connectivity index (χ3v) is 3.81. The van der Waals surface area contributed by atoms with Crippen LogP contribution in [0.2, 0.25) is 10.0 Å². The van der Waals surface area contributed by atoms with Gasteiger partial charge in [0.1, 0.15) is 18.1 Å². The molecular weight excluding hydrogens is 311 g/mol. The molecule has 5 heteroatoms. The zero-order valence-electron chi connectivity index (χ0n) is 11.8. The van der Waals surface area contributed by atoms with Gasteiger partial charge in [0.25, 0.3) is 0 Å². The van der Waals surface area contributed by atoms with Gasteiger partial charge in [-0.05, 0) is 31.2 Å². The number of methoxy groups -OCH3 is 1. The second-order valence-corrected chi connectivity index (χ2v) is 5.38. The van der Waals surface area contributed by atoms with Gasteiger partial charge >= 0.3 is 0 Å². The Bertz CT molecular complexity index is 607. The number of ether oxygens (including phenoxy) is 2. The Hall–Kier alpha value is -1.42. The number of hydrogen-bond donors (Lipinski definition) is 1. The van der Waals surface area contributed by atoms with Crippen LogP contribution in [-0.2, 0) is 6.61 Å². The number of aliphatic hydroxyl groups is 1. The van der Waals surface area contributed by atoms with Crippen LogP contribution in [-0.4, -0.2) is 12.2 Å². The molecule has 0 bridgehead atoms. The summed E-state index contributed by atoms with van der Waals surface area (Å²) in [6.07, 6.45) is -0.646. The molecule has 0 aliphatic rings. The standard InChI is InChI=1S/C16H16Cl2O3/c1-10(19)12-7-6-11(20-2)8-16(12)21-9-13-14(17)4-3-5-15(13)18/h3-8,10,19H,9H2,1-2H3/t10-/m1/s1. The van der Waals surface area contributed by atoms with Crippen LogP contribution in [0.3, 0.4) is 0 Å². The predicted molar refractivity (Wildman–Crippen MR) is 84.4 cm³/mol. The predicted octanol–water partition coefficient (Wildman–Crippen LogP) is 4.63. The summed E-state index contributed by atoms with van der Waals surface area (Å²) in [6, 6.07) is 10.6. The highest BCUT2D eigenvalue weighted by molar-refractivity contribution is 6.35. The van der Waals surface area contributed by atoms with E-state index in [1.807, 2.05) is 0 Å². The van der Waals surface area contributed by atoms with Crippen LogP contribution in [0.25, 0.3) is 0 Å². The Morgan fingerprint density at radius 1 is 1.14 bits per heavy atom. The molecule has 2 aromatic carbocycles. The average molecular weight is 327 g/mol. The number of hydrogen-bond acceptors (Lipinski definition) is 3. The van der Waals surface area contributed by atoms with Crippen LogP contribution >= 0.6 is 23.2 Å². The Balaban J connectivity index is 2.26. The van der Waals surface area contributed by atoms with Gasteiger partial charge in [-0.25, -0.2) is 0 Å². The first kappa shape index (κ1) is 16.0. The van der Waals surface area contributed by atoms with Gasteiger partial charge in [0.2, 0.25) is 0 Å². The molecule has 21 heavy (non-hydrogen) atoms. The van der Waals surface area contributed by atoms with Crippen molar-refractivity contribution in [2.45, 2.75) is 19.6 Å². The normalized spacial score (nSPS) is 12.0. The van der Waals surface area contributed by atoms with Gasteiger partial charge in [-0.15, -0.1) is 0 Å². The lowest BCUT2D eigenvalue weighted by Crippen LogP contribution is -2.02. The van der Waals surface area contributed by atoms with Crippen LogP contribution < -0.4 is 9.47 Å².